The molecule has 2 aromatic carbocycles. The van der Waals surface area contributed by atoms with Gasteiger partial charge in [0.1, 0.15) is 17.5 Å². The summed E-state index contributed by atoms with van der Waals surface area (Å²) in [5.74, 6) is 6.12. The van der Waals surface area contributed by atoms with Crippen molar-refractivity contribution < 1.29 is 14.3 Å². The van der Waals surface area contributed by atoms with Crippen LogP contribution in [0, 0.1) is 11.8 Å². The van der Waals surface area contributed by atoms with E-state index in [1.807, 2.05) is 30.3 Å². The van der Waals surface area contributed by atoms with Crippen LogP contribution in [0.3, 0.4) is 0 Å². The number of nitrogens with two attached hydrogens (primary N) is 1. The second-order valence-electron chi connectivity index (χ2n) is 5.16. The highest BCUT2D eigenvalue weighted by atomic mass is 16.5. The Labute approximate surface area is 146 Å². The molecule has 0 heterocycles. The number of nitrogens with one attached hydrogen (secondary N) is 1. The van der Waals surface area contributed by atoms with Gasteiger partial charge in [0.25, 0.3) is 5.91 Å². The predicted octanol–water partition coefficient (Wildman–Crippen LogP) is 2.92. The van der Waals surface area contributed by atoms with E-state index < -0.39 is 18.0 Å². The number of hydrogen-bond acceptors (Lipinski definition) is 3. The van der Waals surface area contributed by atoms with Crippen molar-refractivity contribution in [2.75, 3.05) is 0 Å². The summed E-state index contributed by atoms with van der Waals surface area (Å²) in [7, 11) is 0. The van der Waals surface area contributed by atoms with E-state index >= 15 is 0 Å². The largest absolute Gasteiger partial charge is 0.457 e. The number of carbonyl (C=O) groups excluding carboxylic acids is 2. The van der Waals surface area contributed by atoms with Gasteiger partial charge in [0.15, 0.2) is 0 Å². The van der Waals surface area contributed by atoms with Crippen molar-refractivity contribution in [3.8, 4) is 23.3 Å². The molecule has 1 atom stereocenters. The van der Waals surface area contributed by atoms with Crippen molar-refractivity contribution in [3.05, 3.63) is 60.2 Å². The summed E-state index contributed by atoms with van der Waals surface area (Å²) in [6.45, 7) is 3.30. The average molecular weight is 337 g/mol. The predicted molar refractivity (Wildman–Crippen MR) is 94.8 cm³/mol. The maximum absolute atomic E-state index is 12.4. The molecule has 6 heteroatoms. The summed E-state index contributed by atoms with van der Waals surface area (Å²) in [6, 6.07) is 14.5. The monoisotopic (exact) mass is 337 g/mol. The highest BCUT2D eigenvalue weighted by molar-refractivity contribution is 5.95. The molecule has 2 aromatic rings. The van der Waals surface area contributed by atoms with E-state index in [-0.39, 0.29) is 0 Å². The molecule has 0 aliphatic heterocycles. The van der Waals surface area contributed by atoms with Crippen LogP contribution in [-0.4, -0.2) is 23.0 Å². The molecule has 0 saturated carbocycles. The van der Waals surface area contributed by atoms with Crippen molar-refractivity contribution in [3.63, 3.8) is 0 Å². The van der Waals surface area contributed by atoms with E-state index in [4.69, 9.17) is 10.5 Å². The highest BCUT2D eigenvalue weighted by Crippen LogP contribution is 2.21. The van der Waals surface area contributed by atoms with Gasteiger partial charge in [-0.15, -0.1) is 5.92 Å². The molecule has 2 rings (SSSR count). The molecule has 6 nitrogen and oxygen atoms in total. The Morgan fingerprint density at radius 1 is 1.12 bits per heavy atom. The highest BCUT2D eigenvalue weighted by Gasteiger charge is 2.19. The normalized spacial score (nSPS) is 10.8. The Balaban J connectivity index is 2.14. The number of primary amides is 1. The summed E-state index contributed by atoms with van der Waals surface area (Å²) < 4.78 is 5.70. The number of ether oxygens (including phenoxy) is 1. The third-order valence-corrected chi connectivity index (χ3v) is 3.28. The summed E-state index contributed by atoms with van der Waals surface area (Å²) in [5, 5.41) is 0.990. The summed E-state index contributed by atoms with van der Waals surface area (Å²) >= 11 is 0. The van der Waals surface area contributed by atoms with Gasteiger partial charge < -0.3 is 10.5 Å². The zero-order chi connectivity index (χ0) is 18.2. The number of amides is 3. The van der Waals surface area contributed by atoms with Crippen LogP contribution in [0.25, 0.3) is 0 Å². The molecule has 128 valence electrons. The zero-order valence-corrected chi connectivity index (χ0v) is 14.0. The SMILES string of the molecule is CC#CC(C)N(NC(=O)c1cccc(Oc2ccccc2)c1)C(N)=O. The third kappa shape index (κ3) is 5.01. The first kappa shape index (κ1) is 17.9. The number of rotatable bonds is 4. The standard InChI is InChI=1S/C19H19N3O3/c1-3-8-14(2)22(19(20)24)21-18(23)15-9-7-12-17(13-15)25-16-10-5-4-6-11-16/h4-7,9-14H,1-2H3,(H2,20,24)(H,21,23). The molecular formula is C19H19N3O3. The van der Waals surface area contributed by atoms with Crippen LogP contribution in [0.2, 0.25) is 0 Å². The van der Waals surface area contributed by atoms with Crippen LogP contribution < -0.4 is 15.9 Å². The number of carbonyl (C=O) groups is 2. The first-order chi connectivity index (χ1) is 12.0. The maximum atomic E-state index is 12.4. The van der Waals surface area contributed by atoms with E-state index in [0.717, 1.165) is 5.01 Å². The van der Waals surface area contributed by atoms with Gasteiger partial charge in [0.05, 0.1) is 0 Å². The van der Waals surface area contributed by atoms with Crippen LogP contribution >= 0.6 is 0 Å². The van der Waals surface area contributed by atoms with Gasteiger partial charge >= 0.3 is 6.03 Å². The van der Waals surface area contributed by atoms with Crippen molar-refractivity contribution in [2.24, 2.45) is 5.73 Å². The van der Waals surface area contributed by atoms with Crippen molar-refractivity contribution in [2.45, 2.75) is 19.9 Å². The number of nitrogens with zero attached hydrogens (tertiary/aromatic N) is 1. The number of urea groups is 1. The molecule has 1 unspecified atom stereocenters. The third-order valence-electron chi connectivity index (χ3n) is 3.28. The second-order valence-corrected chi connectivity index (χ2v) is 5.16. The lowest BCUT2D eigenvalue weighted by molar-refractivity contribution is 0.0814. The van der Waals surface area contributed by atoms with Gasteiger partial charge in [-0.25, -0.2) is 9.80 Å². The molecule has 0 bridgehead atoms. The van der Waals surface area contributed by atoms with Gasteiger partial charge in [0.2, 0.25) is 0 Å². The van der Waals surface area contributed by atoms with Gasteiger partial charge in [-0.05, 0) is 44.2 Å². The van der Waals surface area contributed by atoms with Gasteiger partial charge in [-0.2, -0.15) is 0 Å². The van der Waals surface area contributed by atoms with E-state index in [0.29, 0.717) is 17.1 Å². The summed E-state index contributed by atoms with van der Waals surface area (Å²) in [4.78, 5) is 23.9. The average Bonchev–Trinajstić information content (AvgIpc) is 2.60. The van der Waals surface area contributed by atoms with Crippen LogP contribution in [0.5, 0.6) is 11.5 Å². The number of hydrogen-bond donors (Lipinski definition) is 2. The second kappa shape index (κ2) is 8.41. The molecule has 3 amide bonds. The Hall–Kier alpha value is -3.46. The maximum Gasteiger partial charge on any atom is 0.334 e. The van der Waals surface area contributed by atoms with E-state index in [1.165, 1.54) is 0 Å². The van der Waals surface area contributed by atoms with E-state index in [1.54, 1.807) is 38.1 Å². The minimum atomic E-state index is -0.791. The van der Waals surface area contributed by atoms with Crippen molar-refractivity contribution in [1.29, 1.82) is 0 Å². The fourth-order valence-corrected chi connectivity index (χ4v) is 2.12. The molecule has 0 aromatic heterocycles. The first-order valence-electron chi connectivity index (χ1n) is 7.66. The lowest BCUT2D eigenvalue weighted by Crippen LogP contribution is -2.52. The lowest BCUT2D eigenvalue weighted by atomic mass is 10.2. The minimum absolute atomic E-state index is 0.330. The number of hydrazine groups is 1. The van der Waals surface area contributed by atoms with Crippen molar-refractivity contribution in [1.82, 2.24) is 10.4 Å². The Morgan fingerprint density at radius 3 is 2.44 bits per heavy atom. The molecule has 25 heavy (non-hydrogen) atoms. The number of benzene rings is 2. The fourth-order valence-electron chi connectivity index (χ4n) is 2.12. The van der Waals surface area contributed by atoms with Crippen molar-refractivity contribution >= 4 is 11.9 Å². The molecule has 0 radical (unpaired) electrons. The first-order valence-corrected chi connectivity index (χ1v) is 7.66. The Kier molecular flexibility index (Phi) is 6.02. The van der Waals surface area contributed by atoms with Crippen LogP contribution in [0.15, 0.2) is 54.6 Å². The molecule has 0 saturated heterocycles. The van der Waals surface area contributed by atoms with Crippen LogP contribution in [0.4, 0.5) is 4.79 Å². The molecule has 0 fully saturated rings. The van der Waals surface area contributed by atoms with E-state index in [2.05, 4.69) is 17.3 Å². The Bertz CT molecular complexity index is 809. The fraction of sp³-hybridized carbons (Fsp3) is 0.158. The topological polar surface area (TPSA) is 84.7 Å². The van der Waals surface area contributed by atoms with Gasteiger partial charge in [-0.3, -0.25) is 10.2 Å². The molecule has 0 aliphatic carbocycles. The number of para-hydroxylation sites is 1. The zero-order valence-electron chi connectivity index (χ0n) is 14.0. The summed E-state index contributed by atoms with van der Waals surface area (Å²) in [5.41, 5.74) is 8.11. The molecule has 0 aliphatic rings. The lowest BCUT2D eigenvalue weighted by Gasteiger charge is -2.24. The van der Waals surface area contributed by atoms with Gasteiger partial charge in [0, 0.05) is 5.56 Å². The van der Waals surface area contributed by atoms with Crippen LogP contribution in [0.1, 0.15) is 24.2 Å². The quantitative estimate of drug-likeness (QED) is 0.664. The van der Waals surface area contributed by atoms with Crippen LogP contribution in [-0.2, 0) is 0 Å². The minimum Gasteiger partial charge on any atom is -0.457 e. The smallest absolute Gasteiger partial charge is 0.334 e. The van der Waals surface area contributed by atoms with Gasteiger partial charge in [-0.1, -0.05) is 30.2 Å². The molecular weight excluding hydrogens is 318 g/mol. The summed E-state index contributed by atoms with van der Waals surface area (Å²) in [6.07, 6.45) is 0. The Morgan fingerprint density at radius 2 is 1.80 bits per heavy atom. The molecule has 3 N–H and O–H groups in total. The van der Waals surface area contributed by atoms with E-state index in [9.17, 15) is 9.59 Å². The molecule has 0 spiro atoms.